The van der Waals surface area contributed by atoms with Crippen LogP contribution in [0.2, 0.25) is 10.0 Å². The van der Waals surface area contributed by atoms with E-state index in [0.717, 1.165) is 16.5 Å². The van der Waals surface area contributed by atoms with E-state index in [1.165, 1.54) is 42.2 Å². The first-order valence-electron chi connectivity index (χ1n) is 13.6. The zero-order valence-electron chi connectivity index (χ0n) is 23.6. The number of benzene rings is 4. The Labute approximate surface area is 274 Å². The van der Waals surface area contributed by atoms with Gasteiger partial charge in [0.15, 0.2) is 0 Å². The fourth-order valence-corrected chi connectivity index (χ4v) is 14.6. The van der Waals surface area contributed by atoms with Gasteiger partial charge < -0.3 is 24.8 Å². The molecule has 4 aromatic rings. The van der Waals surface area contributed by atoms with E-state index in [4.69, 9.17) is 23.2 Å². The molecule has 0 aromatic heterocycles. The van der Waals surface area contributed by atoms with E-state index in [9.17, 15) is 0 Å². The van der Waals surface area contributed by atoms with Crippen LogP contribution in [0.1, 0.15) is 49.9 Å². The molecule has 0 amide bonds. The third-order valence-corrected chi connectivity index (χ3v) is 16.5. The molecule has 0 nitrogen and oxygen atoms in total. The van der Waals surface area contributed by atoms with Crippen LogP contribution in [0.25, 0.3) is 11.1 Å². The van der Waals surface area contributed by atoms with Gasteiger partial charge >= 0.3 is 252 Å². The average Bonchev–Trinajstić information content (AvgIpc) is 3.49. The summed E-state index contributed by atoms with van der Waals surface area (Å²) in [6.07, 6.45) is 6.07. The van der Waals surface area contributed by atoms with Crippen molar-refractivity contribution in [2.24, 2.45) is 11.3 Å². The van der Waals surface area contributed by atoms with E-state index < -0.39 is 21.3 Å². The van der Waals surface area contributed by atoms with Gasteiger partial charge in [0, 0.05) is 0 Å². The van der Waals surface area contributed by atoms with Gasteiger partial charge in [0.25, 0.3) is 0 Å². The summed E-state index contributed by atoms with van der Waals surface area (Å²) in [5.41, 5.74) is 9.84. The van der Waals surface area contributed by atoms with Crippen LogP contribution in [0.3, 0.4) is 0 Å². The minimum Gasteiger partial charge on any atom is -1.00 e. The van der Waals surface area contributed by atoms with Crippen LogP contribution < -0.4 is 28.1 Å². The molecule has 2 aliphatic rings. The molecule has 41 heavy (non-hydrogen) atoms. The van der Waals surface area contributed by atoms with Gasteiger partial charge in [-0.3, -0.25) is 0 Å². The molecule has 0 heterocycles. The smallest absolute Gasteiger partial charge is 1.00 e. The van der Waals surface area contributed by atoms with Gasteiger partial charge in [-0.25, -0.2) is 0 Å². The maximum Gasteiger partial charge on any atom is -1.00 e. The number of fused-ring (bicyclic) bond motifs is 3. The van der Waals surface area contributed by atoms with Crippen molar-refractivity contribution in [1.29, 1.82) is 0 Å². The van der Waals surface area contributed by atoms with E-state index >= 15 is 0 Å². The molecule has 6 rings (SSSR count). The van der Waals surface area contributed by atoms with Crippen molar-refractivity contribution >= 4 is 29.7 Å². The fourth-order valence-electron chi connectivity index (χ4n) is 5.99. The zero-order valence-corrected chi connectivity index (χ0v) is 29.1. The predicted octanol–water partition coefficient (Wildman–Crippen LogP) is 3.59. The van der Waals surface area contributed by atoms with Crippen LogP contribution in [0, 0.1) is 11.3 Å². The van der Waals surface area contributed by atoms with Gasteiger partial charge in [-0.05, 0) is 0 Å². The molecule has 1 atom stereocenters. The maximum absolute atomic E-state index is 6.40. The molecular weight excluding hydrogens is 665 g/mol. The normalized spacial score (nSPS) is 14.9. The van der Waals surface area contributed by atoms with Crippen LogP contribution in [-0.2, 0) is 27.7 Å². The Morgan fingerprint density at radius 2 is 1.29 bits per heavy atom. The first-order valence-corrected chi connectivity index (χ1v) is 18.1. The molecular formula is C36H32Cl4Zr. The Hall–Kier alpha value is -1.73. The number of allylic oxidation sites excluding steroid dienone is 4. The largest absolute Gasteiger partial charge is 1.00 e. The maximum atomic E-state index is 6.40. The second-order valence-corrected chi connectivity index (χ2v) is 18.4. The van der Waals surface area contributed by atoms with E-state index in [1.807, 2.05) is 24.3 Å². The first kappa shape index (κ1) is 32.2. The average molecular weight is 698 g/mol. The second-order valence-electron chi connectivity index (χ2n) is 11.7. The molecule has 208 valence electrons. The molecule has 0 bridgehead atoms. The Morgan fingerprint density at radius 3 is 1.85 bits per heavy atom. The number of hydrogen-bond acceptors (Lipinski definition) is 0. The Bertz CT molecular complexity index is 1620. The van der Waals surface area contributed by atoms with Gasteiger partial charge in [0.1, 0.15) is 0 Å². The zero-order chi connectivity index (χ0) is 27.3. The van der Waals surface area contributed by atoms with Crippen molar-refractivity contribution in [3.8, 4) is 11.1 Å². The van der Waals surface area contributed by atoms with Gasteiger partial charge in [0.05, 0.1) is 0 Å². The Balaban J connectivity index is 0.00000194. The number of rotatable bonds is 4. The van der Waals surface area contributed by atoms with Gasteiger partial charge in [0.2, 0.25) is 0 Å². The predicted molar refractivity (Wildman–Crippen MR) is 165 cm³/mol. The topological polar surface area (TPSA) is 0 Å². The summed E-state index contributed by atoms with van der Waals surface area (Å²) in [7, 11) is 0. The van der Waals surface area contributed by atoms with Crippen LogP contribution in [-0.4, -0.2) is 3.21 Å². The molecule has 0 saturated carbocycles. The summed E-state index contributed by atoms with van der Waals surface area (Å²) < 4.78 is 4.69. The Kier molecular flexibility index (Phi) is 10.1. The fraction of sp³-hybridized carbons (Fsp3) is 0.194. The van der Waals surface area contributed by atoms with E-state index in [-0.39, 0.29) is 30.2 Å². The van der Waals surface area contributed by atoms with Crippen molar-refractivity contribution in [3.63, 3.8) is 0 Å². The SMILES string of the molecule is CC1C=C(C(C)(C)C)C=[C]1[Zr+2](=[C](c1ccc(Cl)cc1)c1ccc(Cl)cc1)[c]1cccc2c1Cc1ccccc1-2.[Cl-].[Cl-]. The summed E-state index contributed by atoms with van der Waals surface area (Å²) in [5, 5.41) is 1.53. The molecule has 2 aliphatic carbocycles. The molecule has 0 saturated heterocycles. The second kappa shape index (κ2) is 12.9. The van der Waals surface area contributed by atoms with Crippen molar-refractivity contribution in [2.75, 3.05) is 0 Å². The van der Waals surface area contributed by atoms with Crippen LogP contribution in [0.5, 0.6) is 0 Å². The summed E-state index contributed by atoms with van der Waals surface area (Å²) in [5.74, 6) is 0.405. The van der Waals surface area contributed by atoms with Gasteiger partial charge in [-0.15, -0.1) is 0 Å². The molecule has 5 heteroatoms. The molecule has 0 spiro atoms. The van der Waals surface area contributed by atoms with Crippen molar-refractivity contribution in [1.82, 2.24) is 0 Å². The summed E-state index contributed by atoms with van der Waals surface area (Å²) in [6.45, 7) is 9.38. The first-order chi connectivity index (χ1) is 18.7. The summed E-state index contributed by atoms with van der Waals surface area (Å²) in [4.78, 5) is 0. The summed E-state index contributed by atoms with van der Waals surface area (Å²) >= 11 is 10.0. The van der Waals surface area contributed by atoms with Gasteiger partial charge in [-0.2, -0.15) is 0 Å². The molecule has 1 unspecified atom stereocenters. The van der Waals surface area contributed by atoms with Crippen LogP contribution in [0.15, 0.2) is 112 Å². The molecule has 0 aliphatic heterocycles. The standard InChI is InChI=1S/C13H8Cl2.C13H9.C10H15.2ClH.Zr/c14-12-5-1-10(2-6-12)9-11-3-7-13(15)8-4-11;1-3-7-12-10(5-1)9-11-6-2-4-8-13(11)12;1-8-5-6-9(7-8)10(2,3)4;;;/h1-8H;1-5,7-8H,9H2;6-8H,1-4H3;2*1H;/q;;;;;+2/p-2. The van der Waals surface area contributed by atoms with Crippen molar-refractivity contribution < 1.29 is 46.1 Å². The Morgan fingerprint density at radius 1 is 0.732 bits per heavy atom. The van der Waals surface area contributed by atoms with E-state index in [2.05, 4.69) is 107 Å². The minimum atomic E-state index is -2.79. The van der Waals surface area contributed by atoms with Crippen molar-refractivity contribution in [2.45, 2.75) is 34.1 Å². The van der Waals surface area contributed by atoms with Crippen molar-refractivity contribution in [3.05, 3.63) is 144 Å². The number of hydrogen-bond donors (Lipinski definition) is 0. The van der Waals surface area contributed by atoms with Gasteiger partial charge in [-0.1, -0.05) is 0 Å². The monoisotopic (exact) mass is 694 g/mol. The third-order valence-electron chi connectivity index (χ3n) is 8.02. The minimum absolute atomic E-state index is 0. The van der Waals surface area contributed by atoms with E-state index in [0.29, 0.717) is 5.92 Å². The van der Waals surface area contributed by atoms with Crippen LogP contribution >= 0.6 is 23.2 Å². The third kappa shape index (κ3) is 6.32. The molecule has 0 radical (unpaired) electrons. The number of halogens is 4. The quantitative estimate of drug-likeness (QED) is 0.270. The molecule has 0 N–H and O–H groups in total. The van der Waals surface area contributed by atoms with Crippen LogP contribution in [0.4, 0.5) is 0 Å². The molecule has 4 aromatic carbocycles. The molecule has 0 fully saturated rings. The summed E-state index contributed by atoms with van der Waals surface area (Å²) in [6, 6.07) is 32.9. The van der Waals surface area contributed by atoms with E-state index in [1.54, 1.807) is 6.55 Å².